The molecule has 3 N–H and O–H groups in total. The summed E-state index contributed by atoms with van der Waals surface area (Å²) in [5, 5.41) is 5.30. The van der Waals surface area contributed by atoms with Gasteiger partial charge in [-0.25, -0.2) is 4.83 Å². The maximum atomic E-state index is 10.3. The predicted octanol–water partition coefficient (Wildman–Crippen LogP) is -0.407. The fraction of sp³-hybridized carbons (Fsp3) is 0. The molecule has 1 rings (SSSR count). The fourth-order valence-corrected chi connectivity index (χ4v) is 0.788. The van der Waals surface area contributed by atoms with Gasteiger partial charge in [0.15, 0.2) is 0 Å². The van der Waals surface area contributed by atoms with Crippen molar-refractivity contribution in [3.8, 4) is 0 Å². The summed E-state index contributed by atoms with van der Waals surface area (Å²) in [4.78, 5) is 12.9. The highest BCUT2D eigenvalue weighted by Crippen LogP contribution is 2.00. The summed E-state index contributed by atoms with van der Waals surface area (Å²) in [6.07, 6.45) is 1.56. The highest BCUT2D eigenvalue weighted by Gasteiger charge is 2.03. The average molecular weight is 143 g/mol. The van der Waals surface area contributed by atoms with Crippen molar-refractivity contribution in [2.75, 3.05) is 0 Å². The van der Waals surface area contributed by atoms with Crippen LogP contribution in [0.2, 0.25) is 0 Å². The molecule has 0 aromatic heterocycles. The number of nitrogens with zero attached hydrogens (tertiary/aromatic N) is 1. The molecule has 4 nitrogen and oxygen atoms in total. The number of hydrazone groups is 1. The highest BCUT2D eigenvalue weighted by molar-refractivity contribution is 8.00. The number of rotatable bonds is 1. The Morgan fingerprint density at radius 1 is 1.89 bits per heavy atom. The number of nitrogens with one attached hydrogen (secondary N) is 1. The smallest absolute Gasteiger partial charge is 0.269 e. The molecule has 0 spiro atoms. The number of carbonyl (C=O) groups excluding carboxylic acids is 1. The quantitative estimate of drug-likeness (QED) is 0.490. The van der Waals surface area contributed by atoms with Gasteiger partial charge in [-0.1, -0.05) is 0 Å². The minimum atomic E-state index is -0.515. The first-order chi connectivity index (χ1) is 4.30. The number of carbonyl (C=O) groups is 1. The molecule has 0 radical (unpaired) electrons. The third-order valence-corrected chi connectivity index (χ3v) is 1.23. The van der Waals surface area contributed by atoms with Gasteiger partial charge in [0.2, 0.25) is 0 Å². The molecule has 1 heterocycles. The summed E-state index contributed by atoms with van der Waals surface area (Å²) < 4.78 is 0. The highest BCUT2D eigenvalue weighted by atomic mass is 32.2. The Morgan fingerprint density at radius 3 is 3.00 bits per heavy atom. The topological polar surface area (TPSA) is 67.5 Å². The summed E-state index contributed by atoms with van der Waals surface area (Å²) >= 11 is 1.29. The zero-order valence-electron chi connectivity index (χ0n) is 4.50. The minimum Gasteiger partial charge on any atom is -0.364 e. The molecule has 1 aliphatic rings. The Hall–Kier alpha value is -0.970. The van der Waals surface area contributed by atoms with Crippen molar-refractivity contribution in [3.63, 3.8) is 0 Å². The molecular formula is C4H5N3OS. The van der Waals surface area contributed by atoms with E-state index in [1.54, 1.807) is 11.5 Å². The maximum Gasteiger partial charge on any atom is 0.269 e. The van der Waals surface area contributed by atoms with E-state index >= 15 is 0 Å². The van der Waals surface area contributed by atoms with Crippen LogP contribution in [0, 0.1) is 0 Å². The Labute approximate surface area is 56.3 Å². The van der Waals surface area contributed by atoms with E-state index in [2.05, 4.69) is 9.93 Å². The van der Waals surface area contributed by atoms with Gasteiger partial charge in [-0.3, -0.25) is 4.79 Å². The van der Waals surface area contributed by atoms with Crippen LogP contribution in [-0.4, -0.2) is 11.6 Å². The Kier molecular flexibility index (Phi) is 1.74. The van der Waals surface area contributed by atoms with E-state index in [4.69, 9.17) is 5.73 Å². The second kappa shape index (κ2) is 2.54. The van der Waals surface area contributed by atoms with Gasteiger partial charge >= 0.3 is 0 Å². The molecule has 48 valence electrons. The molecule has 0 aromatic rings. The minimum absolute atomic E-state index is 0.258. The number of hydrogen-bond donors (Lipinski definition) is 2. The number of primary amides is 1. The van der Waals surface area contributed by atoms with Crippen LogP contribution in [0.1, 0.15) is 0 Å². The van der Waals surface area contributed by atoms with Crippen molar-refractivity contribution < 1.29 is 4.79 Å². The monoisotopic (exact) mass is 143 g/mol. The molecule has 0 atom stereocenters. The number of nitrogens with two attached hydrogens (primary N) is 1. The molecule has 9 heavy (non-hydrogen) atoms. The Morgan fingerprint density at radius 2 is 2.67 bits per heavy atom. The van der Waals surface area contributed by atoms with Gasteiger partial charge in [0.25, 0.3) is 5.91 Å². The Bertz CT molecular complexity index is 186. The van der Waals surface area contributed by atoms with Crippen LogP contribution in [0.5, 0.6) is 0 Å². The lowest BCUT2D eigenvalue weighted by molar-refractivity contribution is -0.111. The van der Waals surface area contributed by atoms with E-state index < -0.39 is 5.91 Å². The van der Waals surface area contributed by atoms with Crippen molar-refractivity contribution in [1.82, 2.24) is 4.83 Å². The summed E-state index contributed by atoms with van der Waals surface area (Å²) in [6.45, 7) is 0. The third kappa shape index (κ3) is 1.46. The molecule has 0 fully saturated rings. The van der Waals surface area contributed by atoms with Crippen molar-refractivity contribution in [1.29, 1.82) is 0 Å². The summed E-state index contributed by atoms with van der Waals surface area (Å²) in [6, 6.07) is 0. The fourth-order valence-electron chi connectivity index (χ4n) is 0.379. The van der Waals surface area contributed by atoms with Crippen LogP contribution in [-0.2, 0) is 4.79 Å². The molecule has 0 bridgehead atoms. The van der Waals surface area contributed by atoms with Crippen LogP contribution in [0.15, 0.2) is 16.6 Å². The van der Waals surface area contributed by atoms with Crippen molar-refractivity contribution in [3.05, 3.63) is 11.5 Å². The summed E-state index contributed by atoms with van der Waals surface area (Å²) in [5.74, 6) is -0.515. The zero-order chi connectivity index (χ0) is 6.69. The first-order valence-electron chi connectivity index (χ1n) is 2.25. The van der Waals surface area contributed by atoms with Gasteiger partial charge in [-0.05, 0) is 23.4 Å². The standard InChI is InChI=1S/C4H5N3OS/c5-4(8)3-1-2-9-7-6-3/h1-2,7H,(H2,5,8). The maximum absolute atomic E-state index is 10.3. The summed E-state index contributed by atoms with van der Waals surface area (Å²) in [7, 11) is 0. The van der Waals surface area contributed by atoms with E-state index in [0.29, 0.717) is 0 Å². The zero-order valence-corrected chi connectivity index (χ0v) is 5.31. The van der Waals surface area contributed by atoms with Crippen molar-refractivity contribution >= 4 is 23.6 Å². The molecule has 5 heteroatoms. The van der Waals surface area contributed by atoms with Gasteiger partial charge in [0, 0.05) is 0 Å². The Balaban J connectivity index is 2.69. The molecule has 1 amide bonds. The number of hydrogen-bond acceptors (Lipinski definition) is 4. The van der Waals surface area contributed by atoms with Gasteiger partial charge in [0.1, 0.15) is 5.71 Å². The van der Waals surface area contributed by atoms with E-state index in [9.17, 15) is 4.79 Å². The van der Waals surface area contributed by atoms with E-state index in [0.717, 1.165) is 0 Å². The largest absolute Gasteiger partial charge is 0.364 e. The SMILES string of the molecule is NC(=O)C1=NNSC=C1. The van der Waals surface area contributed by atoms with Gasteiger partial charge in [0.05, 0.1) is 0 Å². The molecule has 0 aromatic carbocycles. The van der Waals surface area contributed by atoms with E-state index in [-0.39, 0.29) is 5.71 Å². The first kappa shape index (κ1) is 6.15. The molecule has 0 saturated carbocycles. The lowest BCUT2D eigenvalue weighted by Crippen LogP contribution is -2.24. The second-order valence-electron chi connectivity index (χ2n) is 1.37. The van der Waals surface area contributed by atoms with Crippen molar-refractivity contribution in [2.24, 2.45) is 10.8 Å². The normalized spacial score (nSPS) is 16.2. The third-order valence-electron chi connectivity index (χ3n) is 0.765. The average Bonchev–Trinajstić information content (AvgIpc) is 1.90. The van der Waals surface area contributed by atoms with Crippen LogP contribution < -0.4 is 10.6 Å². The van der Waals surface area contributed by atoms with Gasteiger partial charge in [-0.2, -0.15) is 5.10 Å². The first-order valence-corrected chi connectivity index (χ1v) is 3.13. The number of amides is 1. The van der Waals surface area contributed by atoms with Crippen LogP contribution in [0.4, 0.5) is 0 Å². The molecule has 0 saturated heterocycles. The lowest BCUT2D eigenvalue weighted by atomic mass is 10.4. The lowest BCUT2D eigenvalue weighted by Gasteiger charge is -2.00. The summed E-state index contributed by atoms with van der Waals surface area (Å²) in [5.41, 5.74) is 5.16. The molecule has 0 aliphatic carbocycles. The molecule has 1 aliphatic heterocycles. The molecule has 0 unspecified atom stereocenters. The van der Waals surface area contributed by atoms with Crippen LogP contribution in [0.25, 0.3) is 0 Å². The predicted molar refractivity (Wildman–Crippen MR) is 36.5 cm³/mol. The van der Waals surface area contributed by atoms with E-state index in [1.807, 2.05) is 0 Å². The van der Waals surface area contributed by atoms with Gasteiger partial charge < -0.3 is 5.73 Å². The second-order valence-corrected chi connectivity index (χ2v) is 2.06. The van der Waals surface area contributed by atoms with Crippen LogP contribution in [0.3, 0.4) is 0 Å². The van der Waals surface area contributed by atoms with Crippen LogP contribution >= 0.6 is 11.9 Å². The van der Waals surface area contributed by atoms with E-state index in [1.165, 1.54) is 11.9 Å². The van der Waals surface area contributed by atoms with Gasteiger partial charge in [-0.15, -0.1) is 0 Å². The molecular weight excluding hydrogens is 138 g/mol. The van der Waals surface area contributed by atoms with Crippen molar-refractivity contribution in [2.45, 2.75) is 0 Å².